The average Bonchev–Trinajstić information content (AvgIpc) is 2.71. The highest BCUT2D eigenvalue weighted by Crippen LogP contribution is 2.14. The van der Waals surface area contributed by atoms with Gasteiger partial charge in [-0.25, -0.2) is 8.42 Å². The van der Waals surface area contributed by atoms with E-state index >= 15 is 0 Å². The Kier molecular flexibility index (Phi) is 7.63. The molecule has 2 amide bonds. The summed E-state index contributed by atoms with van der Waals surface area (Å²) < 4.78 is 25.8. The number of Topliss-reactive ketones (excluding diaryl/α,β-unsaturated/α-hetero) is 1. The van der Waals surface area contributed by atoms with Gasteiger partial charge in [0.05, 0.1) is 11.4 Å². The SMILES string of the molecule is Cc1ccc(S(=O)(=O)N(C)CC(=O)NNC(=O)CCC(=O)c2ccccc2)cc1. The third kappa shape index (κ3) is 6.51. The number of aryl methyl sites for hydroxylation is 1. The number of amides is 2. The summed E-state index contributed by atoms with van der Waals surface area (Å²) in [4.78, 5) is 35.8. The maximum atomic E-state index is 12.5. The van der Waals surface area contributed by atoms with Crippen LogP contribution in [0.1, 0.15) is 28.8 Å². The molecule has 2 N–H and O–H groups in total. The number of hydrogen-bond acceptors (Lipinski definition) is 5. The van der Waals surface area contributed by atoms with E-state index < -0.39 is 28.4 Å². The molecular formula is C20H23N3O5S. The molecule has 154 valence electrons. The molecular weight excluding hydrogens is 394 g/mol. The van der Waals surface area contributed by atoms with Gasteiger partial charge < -0.3 is 0 Å². The molecule has 0 saturated heterocycles. The number of sulfonamides is 1. The average molecular weight is 417 g/mol. The fourth-order valence-electron chi connectivity index (χ4n) is 2.41. The van der Waals surface area contributed by atoms with Crippen molar-refractivity contribution < 1.29 is 22.8 Å². The summed E-state index contributed by atoms with van der Waals surface area (Å²) in [5.74, 6) is -1.44. The Hall–Kier alpha value is -3.04. The van der Waals surface area contributed by atoms with Crippen LogP contribution in [0.25, 0.3) is 0 Å². The summed E-state index contributed by atoms with van der Waals surface area (Å²) in [5.41, 5.74) is 5.76. The molecule has 0 atom stereocenters. The number of ketones is 1. The number of carbonyl (C=O) groups is 3. The molecule has 0 bridgehead atoms. The van der Waals surface area contributed by atoms with Crippen molar-refractivity contribution in [2.75, 3.05) is 13.6 Å². The zero-order chi connectivity index (χ0) is 21.4. The van der Waals surface area contributed by atoms with E-state index in [4.69, 9.17) is 0 Å². The lowest BCUT2D eigenvalue weighted by atomic mass is 10.1. The minimum atomic E-state index is -3.83. The zero-order valence-corrected chi connectivity index (χ0v) is 17.0. The van der Waals surface area contributed by atoms with Crippen LogP contribution in [0, 0.1) is 6.92 Å². The highest BCUT2D eigenvalue weighted by atomic mass is 32.2. The largest absolute Gasteiger partial charge is 0.294 e. The van der Waals surface area contributed by atoms with Crippen LogP contribution in [0.4, 0.5) is 0 Å². The van der Waals surface area contributed by atoms with Crippen molar-refractivity contribution in [3.05, 3.63) is 65.7 Å². The van der Waals surface area contributed by atoms with Crippen molar-refractivity contribution in [1.29, 1.82) is 0 Å². The Balaban J connectivity index is 1.79. The maximum Gasteiger partial charge on any atom is 0.253 e. The van der Waals surface area contributed by atoms with E-state index in [0.29, 0.717) is 5.56 Å². The van der Waals surface area contributed by atoms with E-state index in [1.54, 1.807) is 42.5 Å². The number of nitrogens with zero attached hydrogens (tertiary/aromatic N) is 1. The highest BCUT2D eigenvalue weighted by Gasteiger charge is 2.23. The van der Waals surface area contributed by atoms with Crippen LogP contribution >= 0.6 is 0 Å². The Morgan fingerprint density at radius 2 is 1.45 bits per heavy atom. The second-order valence-electron chi connectivity index (χ2n) is 6.46. The number of nitrogens with one attached hydrogen (secondary N) is 2. The minimum Gasteiger partial charge on any atom is -0.294 e. The number of hydrogen-bond donors (Lipinski definition) is 2. The zero-order valence-electron chi connectivity index (χ0n) is 16.2. The molecule has 0 aliphatic carbocycles. The number of rotatable bonds is 8. The number of hydrazine groups is 1. The monoisotopic (exact) mass is 417 g/mol. The molecule has 8 nitrogen and oxygen atoms in total. The third-order valence-electron chi connectivity index (χ3n) is 4.11. The summed E-state index contributed by atoms with van der Waals surface area (Å²) in [6.07, 6.45) is -0.112. The third-order valence-corrected chi connectivity index (χ3v) is 5.93. The van der Waals surface area contributed by atoms with E-state index in [1.165, 1.54) is 19.2 Å². The first-order valence-electron chi connectivity index (χ1n) is 8.89. The predicted molar refractivity (Wildman–Crippen MR) is 107 cm³/mol. The first kappa shape index (κ1) is 22.3. The van der Waals surface area contributed by atoms with Gasteiger partial charge >= 0.3 is 0 Å². The van der Waals surface area contributed by atoms with E-state index in [9.17, 15) is 22.8 Å². The Labute approximate surface area is 169 Å². The lowest BCUT2D eigenvalue weighted by molar-refractivity contribution is -0.128. The van der Waals surface area contributed by atoms with E-state index in [0.717, 1.165) is 9.87 Å². The van der Waals surface area contributed by atoms with Gasteiger partial charge in [0, 0.05) is 25.5 Å². The topological polar surface area (TPSA) is 113 Å². The molecule has 2 aromatic carbocycles. The summed E-state index contributed by atoms with van der Waals surface area (Å²) in [7, 11) is -2.55. The van der Waals surface area contributed by atoms with Crippen molar-refractivity contribution in [2.45, 2.75) is 24.7 Å². The van der Waals surface area contributed by atoms with E-state index in [-0.39, 0.29) is 23.5 Å². The standard InChI is InChI=1S/C20H23N3O5S/c1-15-8-10-17(11-9-15)29(27,28)23(2)14-20(26)22-21-19(25)13-12-18(24)16-6-4-3-5-7-16/h3-11H,12-14H2,1-2H3,(H,21,25)(H,22,26). The van der Waals surface area contributed by atoms with Crippen LogP contribution in [0.2, 0.25) is 0 Å². The fourth-order valence-corrected chi connectivity index (χ4v) is 3.54. The van der Waals surface area contributed by atoms with Gasteiger partial charge in [-0.05, 0) is 19.1 Å². The van der Waals surface area contributed by atoms with Crippen LogP contribution in [-0.2, 0) is 19.6 Å². The molecule has 0 aliphatic heterocycles. The molecule has 0 fully saturated rings. The Morgan fingerprint density at radius 1 is 0.862 bits per heavy atom. The highest BCUT2D eigenvalue weighted by molar-refractivity contribution is 7.89. The molecule has 0 spiro atoms. The second kappa shape index (κ2) is 9.94. The molecule has 29 heavy (non-hydrogen) atoms. The normalized spacial score (nSPS) is 11.1. The van der Waals surface area contributed by atoms with Crippen molar-refractivity contribution >= 4 is 27.6 Å². The van der Waals surface area contributed by atoms with Crippen LogP contribution < -0.4 is 10.9 Å². The molecule has 2 aromatic rings. The lowest BCUT2D eigenvalue weighted by Crippen LogP contribution is -2.46. The quantitative estimate of drug-likeness (QED) is 0.498. The minimum absolute atomic E-state index is 0.00652. The summed E-state index contributed by atoms with van der Waals surface area (Å²) >= 11 is 0. The summed E-state index contributed by atoms with van der Waals surface area (Å²) in [6, 6.07) is 14.8. The molecule has 0 unspecified atom stereocenters. The lowest BCUT2D eigenvalue weighted by Gasteiger charge is -2.17. The van der Waals surface area contributed by atoms with Crippen LogP contribution in [0.15, 0.2) is 59.5 Å². The van der Waals surface area contributed by atoms with Gasteiger partial charge in [0.25, 0.3) is 5.91 Å². The second-order valence-corrected chi connectivity index (χ2v) is 8.50. The molecule has 0 heterocycles. The van der Waals surface area contributed by atoms with Crippen molar-refractivity contribution in [1.82, 2.24) is 15.2 Å². The predicted octanol–water partition coefficient (Wildman–Crippen LogP) is 1.43. The molecule has 9 heteroatoms. The van der Waals surface area contributed by atoms with Gasteiger partial charge in [-0.2, -0.15) is 4.31 Å². The van der Waals surface area contributed by atoms with Gasteiger partial charge in [-0.3, -0.25) is 25.2 Å². The van der Waals surface area contributed by atoms with E-state index in [2.05, 4.69) is 10.9 Å². The Bertz CT molecular complexity index is 973. The van der Waals surface area contributed by atoms with E-state index in [1.807, 2.05) is 6.92 Å². The van der Waals surface area contributed by atoms with Gasteiger partial charge in [0.15, 0.2) is 5.78 Å². The summed E-state index contributed by atoms with van der Waals surface area (Å²) in [6.45, 7) is 1.36. The maximum absolute atomic E-state index is 12.5. The first-order valence-corrected chi connectivity index (χ1v) is 10.3. The first-order chi connectivity index (χ1) is 13.7. The number of likely N-dealkylation sites (N-methyl/N-ethyl adjacent to an activating group) is 1. The molecule has 0 saturated carbocycles. The van der Waals surface area contributed by atoms with Crippen LogP contribution in [-0.4, -0.2) is 43.9 Å². The van der Waals surface area contributed by atoms with Gasteiger partial charge in [-0.1, -0.05) is 48.0 Å². The van der Waals surface area contributed by atoms with Gasteiger partial charge in [-0.15, -0.1) is 0 Å². The van der Waals surface area contributed by atoms with Crippen molar-refractivity contribution in [3.8, 4) is 0 Å². The van der Waals surface area contributed by atoms with Crippen molar-refractivity contribution in [3.63, 3.8) is 0 Å². The number of benzene rings is 2. The molecule has 2 rings (SSSR count). The molecule has 0 aliphatic rings. The van der Waals surface area contributed by atoms with Crippen molar-refractivity contribution in [2.24, 2.45) is 0 Å². The van der Waals surface area contributed by atoms with Gasteiger partial charge in [0.1, 0.15) is 0 Å². The molecule has 0 aromatic heterocycles. The number of carbonyl (C=O) groups excluding carboxylic acids is 3. The van der Waals surface area contributed by atoms with Crippen LogP contribution in [0.5, 0.6) is 0 Å². The van der Waals surface area contributed by atoms with Gasteiger partial charge in [0.2, 0.25) is 15.9 Å². The Morgan fingerprint density at radius 3 is 2.07 bits per heavy atom. The summed E-state index contributed by atoms with van der Waals surface area (Å²) in [5, 5.41) is 0. The molecule has 0 radical (unpaired) electrons. The van der Waals surface area contributed by atoms with Crippen LogP contribution in [0.3, 0.4) is 0 Å². The fraction of sp³-hybridized carbons (Fsp3) is 0.250. The smallest absolute Gasteiger partial charge is 0.253 e.